The molecule has 6 nitrogen and oxygen atoms in total. The van der Waals surface area contributed by atoms with Gasteiger partial charge in [-0.2, -0.15) is 0 Å². The Hall–Kier alpha value is -0.260. The van der Waals surface area contributed by atoms with Crippen molar-refractivity contribution in [1.82, 2.24) is 0 Å². The number of hydrogen-bond acceptors (Lipinski definition) is 5. The van der Waals surface area contributed by atoms with Gasteiger partial charge >= 0.3 is 0 Å². The second-order valence-corrected chi connectivity index (χ2v) is 6.74. The van der Waals surface area contributed by atoms with Gasteiger partial charge in [-0.25, -0.2) is 4.99 Å². The van der Waals surface area contributed by atoms with Crippen LogP contribution in [0.25, 0.3) is 0 Å². The van der Waals surface area contributed by atoms with Crippen molar-refractivity contribution in [2.45, 2.75) is 32.1 Å². The van der Waals surface area contributed by atoms with Crippen LogP contribution in [0, 0.1) is 0 Å². The maximum absolute atomic E-state index is 9.95. The molecule has 0 aromatic rings. The van der Waals surface area contributed by atoms with Crippen molar-refractivity contribution in [1.29, 1.82) is 0 Å². The van der Waals surface area contributed by atoms with Crippen LogP contribution >= 0.6 is 7.82 Å². The molecule has 0 aromatic carbocycles. The van der Waals surface area contributed by atoms with E-state index in [0.29, 0.717) is 0 Å². The van der Waals surface area contributed by atoms with Crippen LogP contribution in [0.15, 0.2) is 4.99 Å². The van der Waals surface area contributed by atoms with E-state index in [1.54, 1.807) is 0 Å². The summed E-state index contributed by atoms with van der Waals surface area (Å²) in [5, 5.41) is 0. The van der Waals surface area contributed by atoms with Gasteiger partial charge in [-0.3, -0.25) is 9.05 Å². The minimum absolute atomic E-state index is 1.04. The van der Waals surface area contributed by atoms with Crippen molar-refractivity contribution >= 4 is 13.7 Å². The molecule has 0 aromatic heterocycles. The maximum atomic E-state index is 9.95. The summed E-state index contributed by atoms with van der Waals surface area (Å²) in [6, 6.07) is 0. The van der Waals surface area contributed by atoms with Crippen molar-refractivity contribution in [3.63, 3.8) is 0 Å². The molecule has 1 fully saturated rings. The zero-order valence-electron chi connectivity index (χ0n) is 12.1. The van der Waals surface area contributed by atoms with Crippen molar-refractivity contribution in [2.24, 2.45) is 4.99 Å². The molecule has 112 valence electrons. The lowest BCUT2D eigenvalue weighted by atomic mass is 10.2. The molecule has 0 bridgehead atoms. The summed E-state index contributed by atoms with van der Waals surface area (Å²) in [5.74, 6) is 1.48. The molecule has 1 saturated heterocycles. The molecule has 0 spiro atoms. The number of phosphoric ester groups is 1. The second kappa shape index (κ2) is 7.50. The highest BCUT2D eigenvalue weighted by molar-refractivity contribution is 7.45. The standard InChI is InChI=1S/C10H19N2.C2H7O4P/c1-12-8-4-2-3-6-10(12)11-7-5-9-12;1-5-7(3,4)6-2/h2-9H2,1H3;1-2H3,(H,3,4)/q+1;/p-1. The SMILES string of the molecule is COP(=O)([O-])OC.C[N+]12CCCCCC1=NCCC2. The molecule has 0 amide bonds. The molecule has 7 heteroatoms. The fourth-order valence-electron chi connectivity index (χ4n) is 2.51. The third kappa shape index (κ3) is 5.32. The quantitative estimate of drug-likeness (QED) is 0.572. The first kappa shape index (κ1) is 16.8. The molecule has 0 aliphatic carbocycles. The minimum Gasteiger partial charge on any atom is -0.756 e. The number of phosphoric acid groups is 1. The molecule has 2 aliphatic rings. The fraction of sp³-hybridized carbons (Fsp3) is 0.917. The number of fused-ring (bicyclic) bond motifs is 1. The van der Waals surface area contributed by atoms with E-state index < -0.39 is 7.82 Å². The predicted molar refractivity (Wildman–Crippen MR) is 72.9 cm³/mol. The molecular formula is C12H25N2O4P. The molecule has 2 heterocycles. The molecule has 2 rings (SSSR count). The van der Waals surface area contributed by atoms with Crippen LogP contribution in [-0.2, 0) is 13.6 Å². The Kier molecular flexibility index (Phi) is 6.63. The van der Waals surface area contributed by atoms with Crippen LogP contribution in [-0.4, -0.2) is 51.2 Å². The molecule has 0 N–H and O–H groups in total. The van der Waals surface area contributed by atoms with Crippen LogP contribution in [0.4, 0.5) is 0 Å². The van der Waals surface area contributed by atoms with E-state index in [-0.39, 0.29) is 0 Å². The van der Waals surface area contributed by atoms with E-state index in [9.17, 15) is 9.46 Å². The number of rotatable bonds is 2. The number of nitrogens with zero attached hydrogens (tertiary/aromatic N) is 2. The lowest BCUT2D eigenvalue weighted by Crippen LogP contribution is -2.51. The van der Waals surface area contributed by atoms with E-state index in [2.05, 4.69) is 21.1 Å². The van der Waals surface area contributed by atoms with Crippen LogP contribution in [0.3, 0.4) is 0 Å². The molecule has 1 unspecified atom stereocenters. The van der Waals surface area contributed by atoms with E-state index in [1.807, 2.05) is 0 Å². The van der Waals surface area contributed by atoms with Gasteiger partial charge in [-0.05, 0) is 19.3 Å². The molecular weight excluding hydrogens is 267 g/mol. The summed E-state index contributed by atoms with van der Waals surface area (Å²) in [5.41, 5.74) is 0. The average molecular weight is 292 g/mol. The monoisotopic (exact) mass is 292 g/mol. The van der Waals surface area contributed by atoms with Gasteiger partial charge in [-0.1, -0.05) is 0 Å². The van der Waals surface area contributed by atoms with Gasteiger partial charge in [-0.15, -0.1) is 0 Å². The summed E-state index contributed by atoms with van der Waals surface area (Å²) < 4.78 is 18.8. The summed E-state index contributed by atoms with van der Waals surface area (Å²) in [4.78, 5) is 14.6. The van der Waals surface area contributed by atoms with Gasteiger partial charge in [0, 0.05) is 33.6 Å². The van der Waals surface area contributed by atoms with Crippen LogP contribution in [0.1, 0.15) is 32.1 Å². The van der Waals surface area contributed by atoms with Crippen LogP contribution < -0.4 is 4.89 Å². The molecule has 2 aliphatic heterocycles. The van der Waals surface area contributed by atoms with Crippen molar-refractivity contribution in [3.05, 3.63) is 0 Å². The normalized spacial score (nSPS) is 27.5. The van der Waals surface area contributed by atoms with E-state index in [0.717, 1.165) is 20.8 Å². The number of quaternary nitrogens is 1. The molecule has 0 saturated carbocycles. The summed E-state index contributed by atoms with van der Waals surface area (Å²) in [6.07, 6.45) is 6.73. The van der Waals surface area contributed by atoms with Gasteiger partial charge in [0.2, 0.25) is 0 Å². The lowest BCUT2D eigenvalue weighted by molar-refractivity contribution is -0.824. The molecule has 19 heavy (non-hydrogen) atoms. The van der Waals surface area contributed by atoms with Gasteiger partial charge in [0.25, 0.3) is 7.82 Å². The Bertz CT molecular complexity index is 354. The Morgan fingerprint density at radius 2 is 1.79 bits per heavy atom. The zero-order valence-corrected chi connectivity index (χ0v) is 13.0. The Morgan fingerprint density at radius 3 is 2.37 bits per heavy atom. The summed E-state index contributed by atoms with van der Waals surface area (Å²) in [7, 11) is 0.538. The first-order chi connectivity index (χ1) is 8.93. The second-order valence-electron chi connectivity index (χ2n) is 5.12. The van der Waals surface area contributed by atoms with Crippen molar-refractivity contribution < 1.29 is 23.0 Å². The smallest absolute Gasteiger partial charge is 0.267 e. The maximum Gasteiger partial charge on any atom is 0.267 e. The lowest BCUT2D eigenvalue weighted by Gasteiger charge is -2.35. The van der Waals surface area contributed by atoms with Crippen molar-refractivity contribution in [2.75, 3.05) is 40.9 Å². The summed E-state index contributed by atoms with van der Waals surface area (Å²) >= 11 is 0. The largest absolute Gasteiger partial charge is 0.756 e. The minimum atomic E-state index is -3.90. The average Bonchev–Trinajstić information content (AvgIpc) is 2.60. The third-order valence-corrected chi connectivity index (χ3v) is 4.62. The highest BCUT2D eigenvalue weighted by Gasteiger charge is 2.32. The van der Waals surface area contributed by atoms with Gasteiger partial charge in [0.05, 0.1) is 20.1 Å². The van der Waals surface area contributed by atoms with Gasteiger partial charge in [0.15, 0.2) is 5.84 Å². The zero-order chi connectivity index (χ0) is 14.4. The number of hydrogen-bond donors (Lipinski definition) is 0. The van der Waals surface area contributed by atoms with Crippen LogP contribution in [0.2, 0.25) is 0 Å². The fourth-order valence-corrected chi connectivity index (χ4v) is 2.66. The topological polar surface area (TPSA) is 71.0 Å². The van der Waals surface area contributed by atoms with Gasteiger partial charge < -0.3 is 13.9 Å². The van der Waals surface area contributed by atoms with Gasteiger partial charge in [0.1, 0.15) is 0 Å². The Morgan fingerprint density at radius 1 is 1.16 bits per heavy atom. The van der Waals surface area contributed by atoms with Crippen LogP contribution in [0.5, 0.6) is 0 Å². The number of amidine groups is 1. The highest BCUT2D eigenvalue weighted by Crippen LogP contribution is 2.34. The van der Waals surface area contributed by atoms with E-state index in [1.165, 1.54) is 55.5 Å². The highest BCUT2D eigenvalue weighted by atomic mass is 31.2. The molecule has 1 atom stereocenters. The first-order valence-electron chi connectivity index (χ1n) is 6.74. The Balaban J connectivity index is 0.000000224. The molecule has 0 radical (unpaired) electrons. The number of aliphatic imine (C=N–C) groups is 1. The third-order valence-electron chi connectivity index (χ3n) is 3.73. The van der Waals surface area contributed by atoms with E-state index in [4.69, 9.17) is 0 Å². The van der Waals surface area contributed by atoms with Crippen molar-refractivity contribution in [3.8, 4) is 0 Å². The summed E-state index contributed by atoms with van der Waals surface area (Å²) in [6.45, 7) is 3.75. The Labute approximate surface area is 115 Å². The first-order valence-corrected chi connectivity index (χ1v) is 8.20. The van der Waals surface area contributed by atoms with E-state index >= 15 is 0 Å². The predicted octanol–water partition coefficient (Wildman–Crippen LogP) is 1.56.